The van der Waals surface area contributed by atoms with Gasteiger partial charge in [-0.1, -0.05) is 62.3 Å². The maximum Gasteiger partial charge on any atom is 0.507 e. The van der Waals surface area contributed by atoms with E-state index in [-0.39, 0.29) is 5.04 Å². The Hall–Kier alpha value is 0.0969. The summed E-state index contributed by atoms with van der Waals surface area (Å²) in [6.45, 7) is 22.4. The van der Waals surface area contributed by atoms with Gasteiger partial charge in [0.05, 0.1) is 0 Å². The van der Waals surface area contributed by atoms with Gasteiger partial charge in [0.1, 0.15) is 0 Å². The standard InChI is InChI=1S/C19H42O3Si/c1-10-13-20-23(21-14-11-2,22-15-12-3)19(8,9)18(16(4)5)17(6)7/h16-18H,10-15H2,1-9H3. The van der Waals surface area contributed by atoms with Crippen LogP contribution in [0.5, 0.6) is 0 Å². The Balaban J connectivity index is 5.78. The summed E-state index contributed by atoms with van der Waals surface area (Å²) in [6, 6.07) is 0. The molecule has 0 rings (SSSR count). The Morgan fingerprint density at radius 2 is 1.00 bits per heavy atom. The minimum absolute atomic E-state index is 0.102. The van der Waals surface area contributed by atoms with Crippen LogP contribution in [0.3, 0.4) is 0 Å². The first-order valence-corrected chi connectivity index (χ1v) is 11.3. The molecule has 0 unspecified atom stereocenters. The molecule has 0 aliphatic carbocycles. The highest BCUT2D eigenvalue weighted by molar-refractivity contribution is 6.64. The van der Waals surface area contributed by atoms with Gasteiger partial charge < -0.3 is 13.3 Å². The lowest BCUT2D eigenvalue weighted by molar-refractivity contribution is 0.0148. The second-order valence-electron chi connectivity index (χ2n) is 7.84. The van der Waals surface area contributed by atoms with Gasteiger partial charge in [0.15, 0.2) is 0 Å². The fourth-order valence-corrected chi connectivity index (χ4v) is 7.89. The van der Waals surface area contributed by atoms with Gasteiger partial charge in [-0.15, -0.1) is 0 Å². The summed E-state index contributed by atoms with van der Waals surface area (Å²) in [5.74, 6) is 1.63. The van der Waals surface area contributed by atoms with Crippen molar-refractivity contribution in [1.29, 1.82) is 0 Å². The maximum absolute atomic E-state index is 6.42. The summed E-state index contributed by atoms with van der Waals surface area (Å²) in [7, 11) is -2.77. The molecule has 0 bridgehead atoms. The number of hydrogen-bond donors (Lipinski definition) is 0. The molecular formula is C19H42O3Si. The monoisotopic (exact) mass is 346 g/mol. The van der Waals surface area contributed by atoms with Crippen LogP contribution in [-0.4, -0.2) is 28.6 Å². The predicted molar refractivity (Wildman–Crippen MR) is 102 cm³/mol. The van der Waals surface area contributed by atoms with Crippen molar-refractivity contribution in [3.05, 3.63) is 0 Å². The van der Waals surface area contributed by atoms with Crippen LogP contribution in [0.2, 0.25) is 5.04 Å². The zero-order valence-electron chi connectivity index (χ0n) is 17.2. The van der Waals surface area contributed by atoms with E-state index in [1.165, 1.54) is 0 Å². The molecule has 140 valence electrons. The molecule has 0 heterocycles. The molecule has 0 aromatic heterocycles. The minimum Gasteiger partial charge on any atom is -0.373 e. The fraction of sp³-hybridized carbons (Fsp3) is 1.00. The van der Waals surface area contributed by atoms with E-state index in [0.29, 0.717) is 37.6 Å². The van der Waals surface area contributed by atoms with E-state index in [4.69, 9.17) is 13.3 Å². The first-order valence-electron chi connectivity index (χ1n) is 9.61. The number of hydrogen-bond acceptors (Lipinski definition) is 3. The molecule has 23 heavy (non-hydrogen) atoms. The third kappa shape index (κ3) is 6.15. The van der Waals surface area contributed by atoms with Crippen LogP contribution in [0.1, 0.15) is 81.6 Å². The van der Waals surface area contributed by atoms with Crippen molar-refractivity contribution in [3.63, 3.8) is 0 Å². The van der Waals surface area contributed by atoms with Gasteiger partial charge >= 0.3 is 8.80 Å². The van der Waals surface area contributed by atoms with Crippen LogP contribution in [0, 0.1) is 17.8 Å². The Labute approximate surface area is 146 Å². The molecule has 0 amide bonds. The normalized spacial score (nSPS) is 13.6. The highest BCUT2D eigenvalue weighted by atomic mass is 28.4. The molecule has 0 aromatic rings. The molecule has 0 radical (unpaired) electrons. The third-order valence-corrected chi connectivity index (χ3v) is 8.21. The Morgan fingerprint density at radius 3 is 1.22 bits per heavy atom. The molecule has 0 saturated heterocycles. The Kier molecular flexibility index (Phi) is 10.9. The second kappa shape index (κ2) is 10.9. The maximum atomic E-state index is 6.42. The lowest BCUT2D eigenvalue weighted by Crippen LogP contribution is -2.58. The van der Waals surface area contributed by atoms with Crippen LogP contribution in [0.4, 0.5) is 0 Å². The smallest absolute Gasteiger partial charge is 0.373 e. The highest BCUT2D eigenvalue weighted by Crippen LogP contribution is 2.52. The summed E-state index contributed by atoms with van der Waals surface area (Å²) in [4.78, 5) is 0. The zero-order valence-corrected chi connectivity index (χ0v) is 18.2. The van der Waals surface area contributed by atoms with Crippen molar-refractivity contribution < 1.29 is 13.3 Å². The van der Waals surface area contributed by atoms with Crippen LogP contribution in [-0.2, 0) is 13.3 Å². The Morgan fingerprint density at radius 1 is 0.696 bits per heavy atom. The molecule has 0 saturated carbocycles. The SMILES string of the molecule is CCCO[Si](OCCC)(OCCC)C(C)(C)C(C(C)C)C(C)C. The molecule has 0 spiro atoms. The van der Waals surface area contributed by atoms with E-state index < -0.39 is 8.80 Å². The molecular weight excluding hydrogens is 304 g/mol. The summed E-state index contributed by atoms with van der Waals surface area (Å²) in [5.41, 5.74) is 0. The average molecular weight is 347 g/mol. The summed E-state index contributed by atoms with van der Waals surface area (Å²) in [6.07, 6.45) is 2.97. The van der Waals surface area contributed by atoms with E-state index in [1.54, 1.807) is 0 Å². The van der Waals surface area contributed by atoms with Gasteiger partial charge in [0, 0.05) is 24.9 Å². The van der Waals surface area contributed by atoms with Gasteiger partial charge in [-0.3, -0.25) is 0 Å². The lowest BCUT2D eigenvalue weighted by Gasteiger charge is -2.48. The highest BCUT2D eigenvalue weighted by Gasteiger charge is 2.60. The van der Waals surface area contributed by atoms with E-state index in [0.717, 1.165) is 19.3 Å². The van der Waals surface area contributed by atoms with Crippen molar-refractivity contribution in [2.75, 3.05) is 19.8 Å². The van der Waals surface area contributed by atoms with E-state index in [1.807, 2.05) is 0 Å². The first kappa shape index (κ1) is 23.1. The van der Waals surface area contributed by atoms with Gasteiger partial charge in [-0.2, -0.15) is 0 Å². The van der Waals surface area contributed by atoms with E-state index in [2.05, 4.69) is 62.3 Å². The van der Waals surface area contributed by atoms with Gasteiger partial charge in [-0.05, 0) is 37.0 Å². The Bertz CT molecular complexity index is 273. The van der Waals surface area contributed by atoms with Crippen LogP contribution < -0.4 is 0 Å². The lowest BCUT2D eigenvalue weighted by atomic mass is 9.77. The van der Waals surface area contributed by atoms with Crippen LogP contribution in [0.15, 0.2) is 0 Å². The van der Waals surface area contributed by atoms with E-state index in [9.17, 15) is 0 Å². The molecule has 4 heteroatoms. The summed E-state index contributed by atoms with van der Waals surface area (Å²) >= 11 is 0. The van der Waals surface area contributed by atoms with Crippen LogP contribution in [0.25, 0.3) is 0 Å². The molecule has 0 fully saturated rings. The topological polar surface area (TPSA) is 27.7 Å². The van der Waals surface area contributed by atoms with Crippen molar-refractivity contribution in [2.45, 2.75) is 86.6 Å². The zero-order chi connectivity index (χ0) is 18.1. The molecule has 0 N–H and O–H groups in total. The molecule has 0 aliphatic heterocycles. The van der Waals surface area contributed by atoms with Crippen molar-refractivity contribution in [2.24, 2.45) is 17.8 Å². The van der Waals surface area contributed by atoms with Crippen LogP contribution >= 0.6 is 0 Å². The molecule has 0 atom stereocenters. The average Bonchev–Trinajstić information content (AvgIpc) is 2.45. The quantitative estimate of drug-likeness (QED) is 0.388. The van der Waals surface area contributed by atoms with Gasteiger partial charge in [-0.25, -0.2) is 0 Å². The third-order valence-electron chi connectivity index (χ3n) is 4.55. The molecule has 0 aliphatic rings. The minimum atomic E-state index is -2.77. The first-order chi connectivity index (χ1) is 10.7. The van der Waals surface area contributed by atoms with Crippen molar-refractivity contribution in [3.8, 4) is 0 Å². The van der Waals surface area contributed by atoms with Gasteiger partial charge in [0.25, 0.3) is 0 Å². The second-order valence-corrected chi connectivity index (χ2v) is 11.1. The number of rotatable bonds is 13. The fourth-order valence-electron chi connectivity index (χ4n) is 4.03. The largest absolute Gasteiger partial charge is 0.507 e. The molecule has 3 nitrogen and oxygen atoms in total. The predicted octanol–water partition coefficient (Wildman–Crippen LogP) is 5.91. The van der Waals surface area contributed by atoms with Crippen molar-refractivity contribution >= 4 is 8.80 Å². The summed E-state index contributed by atoms with van der Waals surface area (Å²) < 4.78 is 19.3. The van der Waals surface area contributed by atoms with Crippen molar-refractivity contribution in [1.82, 2.24) is 0 Å². The van der Waals surface area contributed by atoms with Gasteiger partial charge in [0.2, 0.25) is 0 Å². The molecule has 0 aromatic carbocycles. The summed E-state index contributed by atoms with van der Waals surface area (Å²) in [5, 5.41) is -0.102. The van der Waals surface area contributed by atoms with E-state index >= 15 is 0 Å².